The topological polar surface area (TPSA) is 28.2 Å². The number of nitrogens with zero attached hydrogens (tertiary/aromatic N) is 2. The molecule has 0 aliphatic heterocycles. The van der Waals surface area contributed by atoms with Crippen molar-refractivity contribution >= 4 is 11.3 Å². The molecule has 15 heavy (non-hydrogen) atoms. The molecular weight excluding hydrogens is 206 g/mol. The van der Waals surface area contributed by atoms with E-state index in [1.54, 1.807) is 11.3 Å². The summed E-state index contributed by atoms with van der Waals surface area (Å²) in [7, 11) is 2.15. The molecule has 0 aliphatic carbocycles. The lowest BCUT2D eigenvalue weighted by atomic mass is 10.3. The van der Waals surface area contributed by atoms with Gasteiger partial charge in [-0.2, -0.15) is 0 Å². The van der Waals surface area contributed by atoms with Gasteiger partial charge in [0.2, 0.25) is 0 Å². The van der Waals surface area contributed by atoms with Crippen molar-refractivity contribution in [3.8, 4) is 0 Å². The van der Waals surface area contributed by atoms with Crippen molar-refractivity contribution in [2.75, 3.05) is 20.1 Å². The van der Waals surface area contributed by atoms with Crippen LogP contribution in [-0.2, 0) is 6.54 Å². The van der Waals surface area contributed by atoms with E-state index in [1.807, 2.05) is 5.51 Å². The minimum atomic E-state index is 0.592. The van der Waals surface area contributed by atoms with Gasteiger partial charge in [-0.05, 0) is 26.6 Å². The lowest BCUT2D eigenvalue weighted by Crippen LogP contribution is -2.27. The van der Waals surface area contributed by atoms with Crippen LogP contribution >= 0.6 is 11.3 Å². The second kappa shape index (κ2) is 6.93. The van der Waals surface area contributed by atoms with Crippen LogP contribution in [0.5, 0.6) is 0 Å². The van der Waals surface area contributed by atoms with Gasteiger partial charge in [-0.3, -0.25) is 0 Å². The molecule has 0 unspecified atom stereocenters. The van der Waals surface area contributed by atoms with E-state index in [4.69, 9.17) is 0 Å². The van der Waals surface area contributed by atoms with Crippen molar-refractivity contribution < 1.29 is 0 Å². The summed E-state index contributed by atoms with van der Waals surface area (Å²) >= 11 is 1.66. The monoisotopic (exact) mass is 227 g/mol. The Morgan fingerprint density at radius 1 is 1.53 bits per heavy atom. The fourth-order valence-electron chi connectivity index (χ4n) is 1.41. The molecule has 0 spiro atoms. The second-order valence-electron chi connectivity index (χ2n) is 4.18. The first-order valence-electron chi connectivity index (χ1n) is 5.47. The summed E-state index contributed by atoms with van der Waals surface area (Å²) in [6, 6.07) is 0.592. The van der Waals surface area contributed by atoms with Gasteiger partial charge in [0, 0.05) is 18.0 Å². The molecule has 0 fully saturated rings. The Bertz CT molecular complexity index is 246. The molecule has 0 bridgehead atoms. The molecule has 86 valence electrons. The van der Waals surface area contributed by atoms with Crippen LogP contribution in [0.1, 0.15) is 26.0 Å². The van der Waals surface area contributed by atoms with Crippen LogP contribution in [0.15, 0.2) is 10.9 Å². The Morgan fingerprint density at radius 3 is 2.93 bits per heavy atom. The van der Waals surface area contributed by atoms with Gasteiger partial charge in [-0.25, -0.2) is 4.98 Å². The van der Waals surface area contributed by atoms with Crippen molar-refractivity contribution in [1.29, 1.82) is 0 Å². The Hall–Kier alpha value is -0.450. The summed E-state index contributed by atoms with van der Waals surface area (Å²) in [6.45, 7) is 7.54. The van der Waals surface area contributed by atoms with E-state index in [2.05, 4.69) is 41.5 Å². The maximum Gasteiger partial charge on any atom is 0.0795 e. The second-order valence-corrected chi connectivity index (χ2v) is 4.90. The zero-order valence-corrected chi connectivity index (χ0v) is 10.7. The molecule has 3 nitrogen and oxygen atoms in total. The molecule has 1 rings (SSSR count). The molecule has 1 N–H and O–H groups in total. The number of nitrogens with one attached hydrogen (secondary N) is 1. The van der Waals surface area contributed by atoms with E-state index in [0.717, 1.165) is 19.6 Å². The van der Waals surface area contributed by atoms with Crippen LogP contribution in [0.3, 0.4) is 0 Å². The predicted octanol–water partition coefficient (Wildman–Crippen LogP) is 1.96. The average Bonchev–Trinajstić information content (AvgIpc) is 2.64. The summed E-state index contributed by atoms with van der Waals surface area (Å²) in [5.41, 5.74) is 3.07. The fourth-order valence-corrected chi connectivity index (χ4v) is 1.96. The van der Waals surface area contributed by atoms with Crippen molar-refractivity contribution in [1.82, 2.24) is 15.2 Å². The van der Waals surface area contributed by atoms with E-state index in [-0.39, 0.29) is 0 Å². The van der Waals surface area contributed by atoms with Gasteiger partial charge in [0.25, 0.3) is 0 Å². The molecule has 0 atom stereocenters. The smallest absolute Gasteiger partial charge is 0.0795 e. The minimum absolute atomic E-state index is 0.592. The Labute approximate surface area is 96.5 Å². The molecule has 0 radical (unpaired) electrons. The first-order chi connectivity index (χ1) is 7.18. The molecule has 1 aromatic rings. The molecule has 4 heteroatoms. The summed E-state index contributed by atoms with van der Waals surface area (Å²) in [5.74, 6) is 0. The average molecular weight is 227 g/mol. The highest BCUT2D eigenvalue weighted by Crippen LogP contribution is 2.03. The van der Waals surface area contributed by atoms with Gasteiger partial charge in [-0.15, -0.1) is 11.3 Å². The lowest BCUT2D eigenvalue weighted by Gasteiger charge is -2.15. The van der Waals surface area contributed by atoms with Gasteiger partial charge < -0.3 is 10.2 Å². The number of hydrogen-bond donors (Lipinski definition) is 1. The Kier molecular flexibility index (Phi) is 5.83. The standard InChI is InChI=1S/C11H21N3S/c1-10(2)12-5-4-6-14(3)7-11-8-15-9-13-11/h8-10,12H,4-7H2,1-3H3. The molecular formula is C11H21N3S. The van der Waals surface area contributed by atoms with Crippen LogP contribution in [0, 0.1) is 0 Å². The number of thiazole rings is 1. The van der Waals surface area contributed by atoms with Crippen LogP contribution in [-0.4, -0.2) is 36.1 Å². The number of hydrogen-bond acceptors (Lipinski definition) is 4. The molecule has 1 aromatic heterocycles. The van der Waals surface area contributed by atoms with Crippen molar-refractivity contribution in [3.63, 3.8) is 0 Å². The SMILES string of the molecule is CC(C)NCCCN(C)Cc1cscn1. The summed E-state index contributed by atoms with van der Waals surface area (Å²) < 4.78 is 0. The quantitative estimate of drug-likeness (QED) is 0.722. The van der Waals surface area contributed by atoms with Gasteiger partial charge in [0.1, 0.15) is 0 Å². The van der Waals surface area contributed by atoms with E-state index in [9.17, 15) is 0 Å². The van der Waals surface area contributed by atoms with E-state index in [1.165, 1.54) is 12.1 Å². The maximum absolute atomic E-state index is 4.27. The van der Waals surface area contributed by atoms with Crippen LogP contribution in [0.4, 0.5) is 0 Å². The third-order valence-corrected chi connectivity index (χ3v) is 2.82. The van der Waals surface area contributed by atoms with Gasteiger partial charge in [0.05, 0.1) is 11.2 Å². The van der Waals surface area contributed by atoms with Crippen LogP contribution in [0.2, 0.25) is 0 Å². The molecule has 1 heterocycles. The zero-order valence-electron chi connectivity index (χ0n) is 9.86. The van der Waals surface area contributed by atoms with Gasteiger partial charge in [0.15, 0.2) is 0 Å². The zero-order chi connectivity index (χ0) is 11.1. The highest BCUT2D eigenvalue weighted by atomic mass is 32.1. The third-order valence-electron chi connectivity index (χ3n) is 2.18. The van der Waals surface area contributed by atoms with E-state index < -0.39 is 0 Å². The Balaban J connectivity index is 2.06. The first-order valence-corrected chi connectivity index (χ1v) is 6.41. The largest absolute Gasteiger partial charge is 0.314 e. The highest BCUT2D eigenvalue weighted by Gasteiger charge is 2.01. The number of rotatable bonds is 7. The van der Waals surface area contributed by atoms with E-state index in [0.29, 0.717) is 6.04 Å². The summed E-state index contributed by atoms with van der Waals surface area (Å²) in [4.78, 5) is 6.59. The van der Waals surface area contributed by atoms with E-state index >= 15 is 0 Å². The number of aromatic nitrogens is 1. The molecule has 0 saturated heterocycles. The molecule has 0 amide bonds. The maximum atomic E-state index is 4.27. The molecule has 0 aliphatic rings. The summed E-state index contributed by atoms with van der Waals surface area (Å²) in [6.07, 6.45) is 1.19. The van der Waals surface area contributed by atoms with Crippen molar-refractivity contribution in [2.45, 2.75) is 32.9 Å². The molecule has 0 saturated carbocycles. The highest BCUT2D eigenvalue weighted by molar-refractivity contribution is 7.07. The predicted molar refractivity (Wildman–Crippen MR) is 66.2 cm³/mol. The third kappa shape index (κ3) is 5.87. The summed E-state index contributed by atoms with van der Waals surface area (Å²) in [5, 5.41) is 5.53. The Morgan fingerprint density at radius 2 is 2.33 bits per heavy atom. The van der Waals surface area contributed by atoms with Gasteiger partial charge in [-0.1, -0.05) is 13.8 Å². The lowest BCUT2D eigenvalue weighted by molar-refractivity contribution is 0.315. The fraction of sp³-hybridized carbons (Fsp3) is 0.727. The minimum Gasteiger partial charge on any atom is -0.314 e. The van der Waals surface area contributed by atoms with Crippen molar-refractivity contribution in [2.24, 2.45) is 0 Å². The van der Waals surface area contributed by atoms with Crippen molar-refractivity contribution in [3.05, 3.63) is 16.6 Å². The molecule has 0 aromatic carbocycles. The normalized spacial score (nSPS) is 11.5. The van der Waals surface area contributed by atoms with Crippen LogP contribution in [0.25, 0.3) is 0 Å². The van der Waals surface area contributed by atoms with Gasteiger partial charge >= 0.3 is 0 Å². The van der Waals surface area contributed by atoms with Crippen LogP contribution < -0.4 is 5.32 Å². The first kappa shape index (κ1) is 12.6.